The molecule has 0 radical (unpaired) electrons. The van der Waals surface area contributed by atoms with Crippen LogP contribution in [0.2, 0.25) is 0 Å². The van der Waals surface area contributed by atoms with Gasteiger partial charge in [-0.05, 0) is 50.8 Å². The minimum absolute atomic E-state index is 0.0129. The van der Waals surface area contributed by atoms with E-state index in [0.717, 1.165) is 37.1 Å². The number of nitrogens with zero attached hydrogens (tertiary/aromatic N) is 3. The van der Waals surface area contributed by atoms with Crippen LogP contribution in [0.5, 0.6) is 0 Å². The molecule has 182 valence electrons. The number of nitrogens with one attached hydrogen (secondary N) is 2. The smallest absolute Gasteiger partial charge is 0.234 e. The van der Waals surface area contributed by atoms with Gasteiger partial charge in [-0.3, -0.25) is 4.79 Å². The summed E-state index contributed by atoms with van der Waals surface area (Å²) in [6, 6.07) is 8.38. The highest BCUT2D eigenvalue weighted by molar-refractivity contribution is 7.13. The van der Waals surface area contributed by atoms with Crippen LogP contribution in [0.4, 0.5) is 0 Å². The SMILES string of the molecule is CNCc1ccc(-c2scnc2C)cc1.Cc1cnc(C(C(=O)N2CCCC2C=O)C(C)C)[nH]1. The lowest BCUT2D eigenvalue weighted by Crippen LogP contribution is -2.41. The van der Waals surface area contributed by atoms with Crippen LogP contribution in [-0.2, 0) is 16.1 Å². The molecular weight excluding hydrogens is 446 g/mol. The van der Waals surface area contributed by atoms with Crippen LogP contribution < -0.4 is 5.32 Å². The number of H-pyrrole nitrogens is 1. The van der Waals surface area contributed by atoms with E-state index in [2.05, 4.69) is 44.5 Å². The second-order valence-electron chi connectivity index (χ2n) is 9.04. The molecule has 8 heteroatoms. The van der Waals surface area contributed by atoms with Gasteiger partial charge >= 0.3 is 0 Å². The molecule has 4 rings (SSSR count). The van der Waals surface area contributed by atoms with Crippen LogP contribution in [0.25, 0.3) is 10.4 Å². The van der Waals surface area contributed by atoms with Gasteiger partial charge in [-0.1, -0.05) is 38.1 Å². The maximum absolute atomic E-state index is 12.7. The third kappa shape index (κ3) is 6.18. The fourth-order valence-corrected chi connectivity index (χ4v) is 5.06. The van der Waals surface area contributed by atoms with Crippen molar-refractivity contribution in [3.8, 4) is 10.4 Å². The van der Waals surface area contributed by atoms with Crippen LogP contribution in [0, 0.1) is 19.8 Å². The lowest BCUT2D eigenvalue weighted by Gasteiger charge is -2.27. The first-order valence-electron chi connectivity index (χ1n) is 11.8. The Morgan fingerprint density at radius 2 is 2.00 bits per heavy atom. The van der Waals surface area contributed by atoms with Gasteiger partial charge in [0.1, 0.15) is 12.1 Å². The highest BCUT2D eigenvalue weighted by Crippen LogP contribution is 2.29. The Hall–Kier alpha value is -2.84. The van der Waals surface area contributed by atoms with Gasteiger partial charge in [0.15, 0.2) is 0 Å². The molecule has 2 atom stereocenters. The van der Waals surface area contributed by atoms with E-state index in [1.807, 2.05) is 40.3 Å². The molecule has 34 heavy (non-hydrogen) atoms. The summed E-state index contributed by atoms with van der Waals surface area (Å²) in [6.07, 6.45) is 4.29. The maximum Gasteiger partial charge on any atom is 0.234 e. The summed E-state index contributed by atoms with van der Waals surface area (Å²) in [5.41, 5.74) is 6.52. The summed E-state index contributed by atoms with van der Waals surface area (Å²) >= 11 is 1.70. The zero-order valence-electron chi connectivity index (χ0n) is 20.7. The van der Waals surface area contributed by atoms with Gasteiger partial charge in [0.25, 0.3) is 0 Å². The molecule has 1 fully saturated rings. The van der Waals surface area contributed by atoms with Gasteiger partial charge in [0.2, 0.25) is 5.91 Å². The number of aromatic nitrogens is 3. The Balaban J connectivity index is 0.000000196. The zero-order valence-corrected chi connectivity index (χ0v) is 21.5. The van der Waals surface area contributed by atoms with Crippen molar-refractivity contribution in [1.82, 2.24) is 25.2 Å². The summed E-state index contributed by atoms with van der Waals surface area (Å²) in [7, 11) is 1.96. The highest BCUT2D eigenvalue weighted by atomic mass is 32.1. The molecule has 0 aliphatic carbocycles. The number of hydrogen-bond donors (Lipinski definition) is 2. The van der Waals surface area contributed by atoms with Gasteiger partial charge in [-0.25, -0.2) is 9.97 Å². The molecule has 2 unspecified atom stereocenters. The number of amides is 1. The van der Waals surface area contributed by atoms with E-state index in [9.17, 15) is 9.59 Å². The number of imidazole rings is 1. The second-order valence-corrected chi connectivity index (χ2v) is 9.90. The zero-order chi connectivity index (χ0) is 24.7. The Kier molecular flexibility index (Phi) is 9.12. The predicted molar refractivity (Wildman–Crippen MR) is 137 cm³/mol. The van der Waals surface area contributed by atoms with Crippen molar-refractivity contribution in [2.24, 2.45) is 5.92 Å². The van der Waals surface area contributed by atoms with Crippen LogP contribution in [0.1, 0.15) is 55.4 Å². The average Bonchev–Trinajstić information content (AvgIpc) is 3.56. The highest BCUT2D eigenvalue weighted by Gasteiger charge is 2.36. The van der Waals surface area contributed by atoms with Crippen LogP contribution in [0.15, 0.2) is 36.0 Å². The van der Waals surface area contributed by atoms with Gasteiger partial charge in [0, 0.05) is 25.0 Å². The normalized spacial score (nSPS) is 16.3. The quantitative estimate of drug-likeness (QED) is 0.486. The maximum atomic E-state index is 12.7. The van der Waals surface area contributed by atoms with Gasteiger partial charge in [-0.2, -0.15) is 0 Å². The number of aromatic amines is 1. The molecule has 1 saturated heterocycles. The number of hydrogen-bond acceptors (Lipinski definition) is 6. The first-order valence-corrected chi connectivity index (χ1v) is 12.6. The Morgan fingerprint density at radius 1 is 1.26 bits per heavy atom. The molecule has 0 saturated carbocycles. The molecule has 0 bridgehead atoms. The van der Waals surface area contributed by atoms with Gasteiger partial charge < -0.3 is 20.0 Å². The van der Waals surface area contributed by atoms with Crippen molar-refractivity contribution < 1.29 is 9.59 Å². The third-order valence-electron chi connectivity index (χ3n) is 6.03. The largest absolute Gasteiger partial charge is 0.345 e. The third-order valence-corrected chi connectivity index (χ3v) is 7.01. The first kappa shape index (κ1) is 25.8. The summed E-state index contributed by atoms with van der Waals surface area (Å²) in [4.78, 5) is 38.4. The average molecular weight is 482 g/mol. The van der Waals surface area contributed by atoms with Gasteiger partial charge in [0.05, 0.1) is 28.0 Å². The van der Waals surface area contributed by atoms with E-state index >= 15 is 0 Å². The summed E-state index contributed by atoms with van der Waals surface area (Å²) in [5.74, 6) is 0.563. The Labute approximate surface area is 206 Å². The minimum atomic E-state index is -0.297. The molecule has 1 aromatic carbocycles. The number of carbonyl (C=O) groups excluding carboxylic acids is 2. The van der Waals surface area contributed by atoms with E-state index in [-0.39, 0.29) is 23.8 Å². The molecule has 2 N–H and O–H groups in total. The molecule has 0 spiro atoms. The van der Waals surface area contributed by atoms with E-state index in [1.54, 1.807) is 22.4 Å². The second kappa shape index (κ2) is 12.0. The van der Waals surface area contributed by atoms with Gasteiger partial charge in [-0.15, -0.1) is 11.3 Å². The molecule has 7 nitrogen and oxygen atoms in total. The Bertz CT molecular complexity index is 1070. The standard InChI is InChI=1S/C14H21N3O2.C12H14N2S/c1-9(2)12(13-15-7-10(3)16-13)14(19)17-6-4-5-11(17)8-18;1-9-12(15-8-14-9)11-5-3-10(4-6-11)7-13-2/h7-9,11-12H,4-6H2,1-3H3,(H,15,16);3-6,8,13H,7H2,1-2H3. The van der Waals surface area contributed by atoms with Crippen molar-refractivity contribution in [3.05, 3.63) is 58.7 Å². The molecule has 1 amide bonds. The first-order chi connectivity index (χ1) is 16.3. The molecular formula is C26H35N5O2S. The molecule has 3 aromatic rings. The lowest BCUT2D eigenvalue weighted by molar-refractivity contribution is -0.137. The van der Waals surface area contributed by atoms with Crippen LogP contribution >= 0.6 is 11.3 Å². The number of carbonyl (C=O) groups is 2. The predicted octanol–water partition coefficient (Wildman–Crippen LogP) is 4.49. The van der Waals surface area contributed by atoms with E-state index in [1.165, 1.54) is 16.0 Å². The number of aryl methyl sites for hydroxylation is 2. The van der Waals surface area contributed by atoms with Crippen molar-refractivity contribution in [1.29, 1.82) is 0 Å². The number of likely N-dealkylation sites (tertiary alicyclic amines) is 1. The van der Waals surface area contributed by atoms with Crippen LogP contribution in [0.3, 0.4) is 0 Å². The summed E-state index contributed by atoms with van der Waals surface area (Å²) in [6.45, 7) is 9.57. The number of thiazole rings is 1. The fourth-order valence-electron chi connectivity index (χ4n) is 4.25. The monoisotopic (exact) mass is 481 g/mol. The van der Waals surface area contributed by atoms with E-state index in [4.69, 9.17) is 0 Å². The summed E-state index contributed by atoms with van der Waals surface area (Å²) in [5, 5.41) is 3.14. The topological polar surface area (TPSA) is 91.0 Å². The van der Waals surface area contributed by atoms with Crippen molar-refractivity contribution in [2.45, 2.75) is 59.0 Å². The van der Waals surface area contributed by atoms with Crippen molar-refractivity contribution in [3.63, 3.8) is 0 Å². The molecule has 3 heterocycles. The molecule has 1 aliphatic heterocycles. The number of rotatable bonds is 7. The summed E-state index contributed by atoms with van der Waals surface area (Å²) < 4.78 is 0. The molecule has 1 aliphatic rings. The number of benzene rings is 1. The minimum Gasteiger partial charge on any atom is -0.345 e. The molecule has 2 aromatic heterocycles. The van der Waals surface area contributed by atoms with E-state index in [0.29, 0.717) is 12.4 Å². The Morgan fingerprint density at radius 3 is 2.53 bits per heavy atom. The van der Waals surface area contributed by atoms with Crippen molar-refractivity contribution >= 4 is 23.5 Å². The van der Waals surface area contributed by atoms with Crippen LogP contribution in [-0.4, -0.2) is 51.7 Å². The van der Waals surface area contributed by atoms with E-state index < -0.39 is 0 Å². The fraction of sp³-hybridized carbons (Fsp3) is 0.462. The lowest BCUT2D eigenvalue weighted by atomic mass is 9.93. The van der Waals surface area contributed by atoms with Crippen molar-refractivity contribution in [2.75, 3.05) is 13.6 Å². The number of aldehydes is 1.